The fourth-order valence-corrected chi connectivity index (χ4v) is 6.90. The second kappa shape index (κ2) is 6.68. The van der Waals surface area contributed by atoms with E-state index in [1.165, 1.54) is 65.8 Å². The largest absolute Gasteiger partial charge is 0.460 e. The molecule has 3 unspecified atom stereocenters. The molecule has 2 aromatic rings. The first-order chi connectivity index (χ1) is 13.5. The predicted octanol–water partition coefficient (Wildman–Crippen LogP) is 6.85. The molecule has 0 bridgehead atoms. The van der Waals surface area contributed by atoms with E-state index in [0.29, 0.717) is 17.3 Å². The number of rotatable bonds is 2. The maximum absolute atomic E-state index is 6.78. The standard InChI is InChI=1S/C26H40N2O/c1-16-11-12-20-25(3,4)13-10-14-26(20,5)21-18-15-19(27(6)7)22(28(8)9)17(2)24(18)29-23(16)21/h15-16,20H,10-14H2,1-9H3. The molecule has 3 atom stereocenters. The average molecular weight is 397 g/mol. The minimum atomic E-state index is 0.197. The van der Waals surface area contributed by atoms with Crippen molar-refractivity contribution in [2.45, 2.75) is 78.1 Å². The molecule has 4 rings (SSSR count). The molecule has 160 valence electrons. The van der Waals surface area contributed by atoms with Crippen molar-refractivity contribution in [3.63, 3.8) is 0 Å². The maximum atomic E-state index is 6.78. The number of benzene rings is 1. The Morgan fingerprint density at radius 3 is 2.31 bits per heavy atom. The van der Waals surface area contributed by atoms with Gasteiger partial charge in [0.2, 0.25) is 0 Å². The zero-order valence-electron chi connectivity index (χ0n) is 20.1. The molecule has 3 nitrogen and oxygen atoms in total. The van der Waals surface area contributed by atoms with E-state index in [2.05, 4.69) is 78.7 Å². The lowest BCUT2D eigenvalue weighted by Crippen LogP contribution is -2.44. The van der Waals surface area contributed by atoms with Gasteiger partial charge in [0.25, 0.3) is 0 Å². The highest BCUT2D eigenvalue weighted by Gasteiger charge is 2.51. The SMILES string of the molecule is Cc1c(N(C)C)c(N(C)C)cc2c3c(oc12)C(C)CCC1C(C)(C)CCCC31C. The molecule has 2 aliphatic carbocycles. The summed E-state index contributed by atoms with van der Waals surface area (Å²) in [5.41, 5.74) is 7.06. The molecule has 0 N–H and O–H groups in total. The molecule has 0 saturated heterocycles. The lowest BCUT2D eigenvalue weighted by Gasteiger charge is -2.50. The topological polar surface area (TPSA) is 19.6 Å². The Morgan fingerprint density at radius 1 is 1.00 bits per heavy atom. The van der Waals surface area contributed by atoms with Crippen LogP contribution in [0.2, 0.25) is 0 Å². The van der Waals surface area contributed by atoms with Gasteiger partial charge in [-0.2, -0.15) is 0 Å². The van der Waals surface area contributed by atoms with Gasteiger partial charge in [-0.1, -0.05) is 34.1 Å². The Bertz CT molecular complexity index is 936. The van der Waals surface area contributed by atoms with Gasteiger partial charge in [0.1, 0.15) is 11.3 Å². The molecule has 0 amide bonds. The van der Waals surface area contributed by atoms with E-state index in [4.69, 9.17) is 4.42 Å². The third-order valence-electron chi connectivity index (χ3n) is 8.26. The van der Waals surface area contributed by atoms with E-state index in [9.17, 15) is 0 Å². The Kier molecular flexibility index (Phi) is 4.75. The molecule has 0 aliphatic heterocycles. The Hall–Kier alpha value is -1.64. The van der Waals surface area contributed by atoms with Crippen LogP contribution >= 0.6 is 0 Å². The molecule has 3 heteroatoms. The molecule has 1 aromatic carbocycles. The molecule has 1 saturated carbocycles. The van der Waals surface area contributed by atoms with Gasteiger partial charge in [-0.15, -0.1) is 0 Å². The fourth-order valence-electron chi connectivity index (χ4n) is 6.90. The minimum absolute atomic E-state index is 0.197. The molecule has 0 spiro atoms. The van der Waals surface area contributed by atoms with Crippen LogP contribution in [0.5, 0.6) is 0 Å². The first-order valence-electron chi connectivity index (χ1n) is 11.4. The van der Waals surface area contributed by atoms with Crippen LogP contribution in [0.15, 0.2) is 10.5 Å². The Balaban J connectivity index is 2.08. The summed E-state index contributed by atoms with van der Waals surface area (Å²) in [6.07, 6.45) is 6.48. The lowest BCUT2D eigenvalue weighted by molar-refractivity contribution is 0.0504. The van der Waals surface area contributed by atoms with Crippen molar-refractivity contribution in [2.75, 3.05) is 38.0 Å². The van der Waals surface area contributed by atoms with Gasteiger partial charge >= 0.3 is 0 Å². The molecule has 1 heterocycles. The monoisotopic (exact) mass is 396 g/mol. The second-order valence-electron chi connectivity index (χ2n) is 11.2. The van der Waals surface area contributed by atoms with E-state index in [-0.39, 0.29) is 5.41 Å². The first-order valence-corrected chi connectivity index (χ1v) is 11.4. The molecule has 1 aromatic heterocycles. The van der Waals surface area contributed by atoms with Crippen molar-refractivity contribution >= 4 is 22.3 Å². The van der Waals surface area contributed by atoms with Crippen molar-refractivity contribution in [2.24, 2.45) is 11.3 Å². The highest BCUT2D eigenvalue weighted by Crippen LogP contribution is 2.60. The number of fused-ring (bicyclic) bond motifs is 5. The summed E-state index contributed by atoms with van der Waals surface area (Å²) in [7, 11) is 8.59. The van der Waals surface area contributed by atoms with Crippen molar-refractivity contribution in [3.05, 3.63) is 23.0 Å². The highest BCUT2D eigenvalue weighted by atomic mass is 16.3. The molecular formula is C26H40N2O. The highest BCUT2D eigenvalue weighted by molar-refractivity contribution is 5.96. The zero-order chi connectivity index (χ0) is 21.3. The Labute approximate surface area is 177 Å². The molecule has 29 heavy (non-hydrogen) atoms. The van der Waals surface area contributed by atoms with Crippen LogP contribution in [0.1, 0.15) is 82.6 Å². The number of hydrogen-bond acceptors (Lipinski definition) is 3. The molecule has 0 radical (unpaired) electrons. The lowest BCUT2D eigenvalue weighted by atomic mass is 9.53. The third-order valence-corrected chi connectivity index (χ3v) is 8.26. The maximum Gasteiger partial charge on any atom is 0.139 e. The van der Waals surface area contributed by atoms with Gasteiger partial charge in [0.05, 0.1) is 11.4 Å². The number of anilines is 2. The summed E-state index contributed by atoms with van der Waals surface area (Å²) < 4.78 is 6.78. The van der Waals surface area contributed by atoms with Crippen molar-refractivity contribution < 1.29 is 4.42 Å². The van der Waals surface area contributed by atoms with E-state index >= 15 is 0 Å². The molecule has 1 fully saturated rings. The van der Waals surface area contributed by atoms with Crippen LogP contribution in [0.3, 0.4) is 0 Å². The van der Waals surface area contributed by atoms with Crippen LogP contribution in [0.4, 0.5) is 11.4 Å². The van der Waals surface area contributed by atoms with Crippen LogP contribution in [-0.4, -0.2) is 28.2 Å². The van der Waals surface area contributed by atoms with Gasteiger partial charge < -0.3 is 14.2 Å². The van der Waals surface area contributed by atoms with Crippen LogP contribution < -0.4 is 9.80 Å². The quantitative estimate of drug-likeness (QED) is 0.553. The number of furan rings is 1. The van der Waals surface area contributed by atoms with Gasteiger partial charge in [-0.25, -0.2) is 0 Å². The second-order valence-corrected chi connectivity index (χ2v) is 11.2. The van der Waals surface area contributed by atoms with Crippen LogP contribution in [-0.2, 0) is 5.41 Å². The summed E-state index contributed by atoms with van der Waals surface area (Å²) in [6, 6.07) is 2.42. The summed E-state index contributed by atoms with van der Waals surface area (Å²) in [4.78, 5) is 4.49. The molecule has 2 aliphatic rings. The first kappa shape index (κ1) is 20.6. The third kappa shape index (κ3) is 2.91. The van der Waals surface area contributed by atoms with Crippen LogP contribution in [0, 0.1) is 18.3 Å². The molecular weight excluding hydrogens is 356 g/mol. The fraction of sp³-hybridized carbons (Fsp3) is 0.692. The predicted molar refractivity (Wildman–Crippen MR) is 126 cm³/mol. The van der Waals surface area contributed by atoms with Crippen molar-refractivity contribution in [1.29, 1.82) is 0 Å². The summed E-state index contributed by atoms with van der Waals surface area (Å²) in [5, 5.41) is 1.37. The average Bonchev–Trinajstić information content (AvgIpc) is 2.95. The number of aryl methyl sites for hydroxylation is 1. The van der Waals surface area contributed by atoms with Crippen molar-refractivity contribution in [3.8, 4) is 0 Å². The van der Waals surface area contributed by atoms with E-state index in [1.54, 1.807) is 0 Å². The van der Waals surface area contributed by atoms with E-state index in [1.807, 2.05) is 0 Å². The number of nitrogens with zero attached hydrogens (tertiary/aromatic N) is 2. The zero-order valence-corrected chi connectivity index (χ0v) is 20.1. The summed E-state index contributed by atoms with van der Waals surface area (Å²) >= 11 is 0. The van der Waals surface area contributed by atoms with Gasteiger partial charge in [0.15, 0.2) is 0 Å². The van der Waals surface area contributed by atoms with Crippen molar-refractivity contribution in [1.82, 2.24) is 0 Å². The number of hydrogen-bond donors (Lipinski definition) is 0. The van der Waals surface area contributed by atoms with E-state index in [0.717, 1.165) is 5.58 Å². The van der Waals surface area contributed by atoms with Gasteiger partial charge in [-0.3, -0.25) is 0 Å². The van der Waals surface area contributed by atoms with Gasteiger partial charge in [0, 0.05) is 50.6 Å². The minimum Gasteiger partial charge on any atom is -0.460 e. The van der Waals surface area contributed by atoms with Gasteiger partial charge in [-0.05, 0) is 55.4 Å². The Morgan fingerprint density at radius 2 is 1.69 bits per heavy atom. The summed E-state index contributed by atoms with van der Waals surface area (Å²) in [6.45, 7) is 12.2. The summed E-state index contributed by atoms with van der Waals surface area (Å²) in [5.74, 6) is 2.47. The van der Waals surface area contributed by atoms with Crippen LogP contribution in [0.25, 0.3) is 11.0 Å². The normalized spacial score (nSPS) is 28.6. The smallest absolute Gasteiger partial charge is 0.139 e. The van der Waals surface area contributed by atoms with E-state index < -0.39 is 0 Å².